The fourth-order valence-corrected chi connectivity index (χ4v) is 2.22. The van der Waals surface area contributed by atoms with E-state index in [0.717, 1.165) is 30.6 Å². The molecule has 1 fully saturated rings. The smallest absolute Gasteiger partial charge is 0.124 e. The minimum atomic E-state index is -0.402. The molecule has 1 saturated carbocycles. The topological polar surface area (TPSA) is 49.7 Å². The van der Waals surface area contributed by atoms with Crippen LogP contribution in [0.5, 0.6) is 5.75 Å². The van der Waals surface area contributed by atoms with Gasteiger partial charge in [0, 0.05) is 0 Å². The summed E-state index contributed by atoms with van der Waals surface area (Å²) in [6, 6.07) is 7.48. The Hall–Kier alpha value is -1.06. The van der Waals surface area contributed by atoms with Crippen LogP contribution in [0.15, 0.2) is 24.3 Å². The van der Waals surface area contributed by atoms with Crippen molar-refractivity contribution in [1.82, 2.24) is 0 Å². The van der Waals surface area contributed by atoms with Gasteiger partial charge in [0.1, 0.15) is 11.9 Å². The van der Waals surface area contributed by atoms with Crippen LogP contribution in [0.25, 0.3) is 0 Å². The quantitative estimate of drug-likeness (QED) is 0.844. The molecule has 94 valence electrons. The molecule has 1 aromatic carbocycles. The lowest BCUT2D eigenvalue weighted by Gasteiger charge is -2.17. The van der Waals surface area contributed by atoms with Crippen molar-refractivity contribution in [3.8, 4) is 5.75 Å². The van der Waals surface area contributed by atoms with E-state index >= 15 is 0 Å². The second-order valence-corrected chi connectivity index (χ2v) is 4.65. The maximum Gasteiger partial charge on any atom is 0.124 e. The first-order valence-corrected chi connectivity index (χ1v) is 6.33. The summed E-state index contributed by atoms with van der Waals surface area (Å²) in [5.41, 5.74) is 0.909. The molecule has 1 aromatic rings. The molecule has 3 heteroatoms. The molecule has 2 rings (SSSR count). The summed E-state index contributed by atoms with van der Waals surface area (Å²) in [4.78, 5) is 0. The van der Waals surface area contributed by atoms with Crippen LogP contribution >= 0.6 is 0 Å². The van der Waals surface area contributed by atoms with Crippen molar-refractivity contribution >= 4 is 0 Å². The second kappa shape index (κ2) is 5.52. The Labute approximate surface area is 102 Å². The molecule has 3 nitrogen and oxygen atoms in total. The van der Waals surface area contributed by atoms with Gasteiger partial charge in [0.25, 0.3) is 0 Å². The molecule has 2 N–H and O–H groups in total. The highest BCUT2D eigenvalue weighted by atomic mass is 16.5. The van der Waals surface area contributed by atoms with Crippen LogP contribution in [-0.4, -0.2) is 22.4 Å². The van der Waals surface area contributed by atoms with E-state index in [2.05, 4.69) is 0 Å². The lowest BCUT2D eigenvalue weighted by Crippen LogP contribution is -2.25. The van der Waals surface area contributed by atoms with Gasteiger partial charge in [-0.25, -0.2) is 0 Å². The van der Waals surface area contributed by atoms with Crippen LogP contribution in [0.2, 0.25) is 0 Å². The largest absolute Gasteiger partial charge is 0.488 e. The van der Waals surface area contributed by atoms with Gasteiger partial charge in [-0.05, 0) is 43.4 Å². The maximum atomic E-state index is 9.67. The third kappa shape index (κ3) is 2.99. The molecule has 0 heterocycles. The number of hydrogen-bond acceptors (Lipinski definition) is 3. The molecule has 0 spiro atoms. The van der Waals surface area contributed by atoms with Gasteiger partial charge in [0.05, 0.1) is 12.2 Å². The molecule has 3 atom stereocenters. The predicted octanol–water partition coefficient (Wildman–Crippen LogP) is 2.42. The van der Waals surface area contributed by atoms with E-state index in [1.54, 1.807) is 0 Å². The average molecular weight is 236 g/mol. The zero-order valence-corrected chi connectivity index (χ0v) is 10.2. The molecule has 0 radical (unpaired) electrons. The van der Waals surface area contributed by atoms with Crippen LogP contribution in [0, 0.1) is 0 Å². The fraction of sp³-hybridized carbons (Fsp3) is 0.571. The van der Waals surface area contributed by atoms with E-state index in [9.17, 15) is 10.2 Å². The van der Waals surface area contributed by atoms with Crippen molar-refractivity contribution in [2.75, 3.05) is 0 Å². The Kier molecular flexibility index (Phi) is 4.02. The molecular weight excluding hydrogens is 216 g/mol. The third-order valence-electron chi connectivity index (χ3n) is 3.36. The van der Waals surface area contributed by atoms with Gasteiger partial charge in [0.2, 0.25) is 0 Å². The predicted molar refractivity (Wildman–Crippen MR) is 66.0 cm³/mol. The lowest BCUT2D eigenvalue weighted by atomic mass is 10.1. The van der Waals surface area contributed by atoms with Gasteiger partial charge in [0.15, 0.2) is 0 Å². The van der Waals surface area contributed by atoms with Gasteiger partial charge in [-0.1, -0.05) is 19.1 Å². The monoisotopic (exact) mass is 236 g/mol. The van der Waals surface area contributed by atoms with Gasteiger partial charge in [-0.15, -0.1) is 0 Å². The number of aliphatic hydroxyl groups excluding tert-OH is 2. The van der Waals surface area contributed by atoms with E-state index < -0.39 is 6.10 Å². The summed E-state index contributed by atoms with van der Waals surface area (Å²) in [5.74, 6) is 0.767. The van der Waals surface area contributed by atoms with E-state index in [-0.39, 0.29) is 12.2 Å². The summed E-state index contributed by atoms with van der Waals surface area (Å²) in [5, 5.41) is 19.3. The molecule has 1 aliphatic rings. The van der Waals surface area contributed by atoms with Crippen LogP contribution in [-0.2, 0) is 0 Å². The average Bonchev–Trinajstić information content (AvgIpc) is 2.75. The Bertz CT molecular complexity index is 347. The molecule has 0 aliphatic heterocycles. The Balaban J connectivity index is 1.98. The van der Waals surface area contributed by atoms with Gasteiger partial charge < -0.3 is 14.9 Å². The first kappa shape index (κ1) is 12.4. The summed E-state index contributed by atoms with van der Waals surface area (Å²) in [6.07, 6.45) is 2.67. The highest BCUT2D eigenvalue weighted by Gasteiger charge is 2.26. The SMILES string of the molecule is CCC(O)c1ccc(OC2CCCC2O)cc1. The number of ether oxygens (including phenoxy) is 1. The zero-order chi connectivity index (χ0) is 12.3. The van der Waals surface area contributed by atoms with Gasteiger partial charge in [-0.2, -0.15) is 0 Å². The molecule has 0 amide bonds. The van der Waals surface area contributed by atoms with Crippen molar-refractivity contribution in [3.63, 3.8) is 0 Å². The molecule has 3 unspecified atom stereocenters. The van der Waals surface area contributed by atoms with Crippen molar-refractivity contribution in [3.05, 3.63) is 29.8 Å². The van der Waals surface area contributed by atoms with Crippen LogP contribution in [0.3, 0.4) is 0 Å². The number of aliphatic hydroxyl groups is 2. The minimum absolute atomic E-state index is 0.0723. The van der Waals surface area contributed by atoms with E-state index in [1.807, 2.05) is 31.2 Å². The van der Waals surface area contributed by atoms with E-state index in [1.165, 1.54) is 0 Å². The van der Waals surface area contributed by atoms with Gasteiger partial charge in [-0.3, -0.25) is 0 Å². The van der Waals surface area contributed by atoms with Crippen molar-refractivity contribution < 1.29 is 14.9 Å². The lowest BCUT2D eigenvalue weighted by molar-refractivity contribution is 0.0603. The standard InChI is InChI=1S/C14H20O3/c1-2-12(15)10-6-8-11(9-7-10)17-14-5-3-4-13(14)16/h6-9,12-16H,2-5H2,1H3. The Morgan fingerprint density at radius 2 is 2.00 bits per heavy atom. The highest BCUT2D eigenvalue weighted by molar-refractivity contribution is 5.28. The van der Waals surface area contributed by atoms with E-state index in [0.29, 0.717) is 6.42 Å². The van der Waals surface area contributed by atoms with Crippen LogP contribution in [0.1, 0.15) is 44.3 Å². The number of rotatable bonds is 4. The van der Waals surface area contributed by atoms with Crippen molar-refractivity contribution in [2.24, 2.45) is 0 Å². The third-order valence-corrected chi connectivity index (χ3v) is 3.36. The molecule has 0 aromatic heterocycles. The first-order valence-electron chi connectivity index (χ1n) is 6.33. The Morgan fingerprint density at radius 1 is 1.29 bits per heavy atom. The maximum absolute atomic E-state index is 9.67. The fourth-order valence-electron chi connectivity index (χ4n) is 2.22. The summed E-state index contributed by atoms with van der Waals surface area (Å²) < 4.78 is 5.72. The van der Waals surface area contributed by atoms with Crippen molar-refractivity contribution in [2.45, 2.75) is 50.9 Å². The molecular formula is C14H20O3. The minimum Gasteiger partial charge on any atom is -0.488 e. The normalized spacial score (nSPS) is 25.8. The Morgan fingerprint density at radius 3 is 2.53 bits per heavy atom. The molecule has 17 heavy (non-hydrogen) atoms. The van der Waals surface area contributed by atoms with Crippen LogP contribution < -0.4 is 4.74 Å². The van der Waals surface area contributed by atoms with Crippen molar-refractivity contribution in [1.29, 1.82) is 0 Å². The summed E-state index contributed by atoms with van der Waals surface area (Å²) >= 11 is 0. The molecule has 0 saturated heterocycles. The highest BCUT2D eigenvalue weighted by Crippen LogP contribution is 2.26. The number of hydrogen-bond donors (Lipinski definition) is 2. The summed E-state index contributed by atoms with van der Waals surface area (Å²) in [6.45, 7) is 1.95. The first-order chi connectivity index (χ1) is 8.20. The molecule has 1 aliphatic carbocycles. The van der Waals surface area contributed by atoms with Gasteiger partial charge >= 0.3 is 0 Å². The summed E-state index contributed by atoms with van der Waals surface area (Å²) in [7, 11) is 0. The zero-order valence-electron chi connectivity index (χ0n) is 10.2. The molecule has 0 bridgehead atoms. The second-order valence-electron chi connectivity index (χ2n) is 4.65. The van der Waals surface area contributed by atoms with E-state index in [4.69, 9.17) is 4.74 Å². The van der Waals surface area contributed by atoms with Crippen LogP contribution in [0.4, 0.5) is 0 Å². The number of benzene rings is 1.